The zero-order valence-corrected chi connectivity index (χ0v) is 18.4. The highest BCUT2D eigenvalue weighted by Crippen LogP contribution is 2.39. The number of alkyl halides is 1. The summed E-state index contributed by atoms with van der Waals surface area (Å²) in [6.45, 7) is 0. The Hall–Kier alpha value is -3.65. The molecule has 3 aliphatic rings. The molecule has 1 saturated carbocycles. The normalized spacial score (nSPS) is 26.1. The molecule has 6 rings (SSSR count). The molecule has 11 heteroatoms. The van der Waals surface area contributed by atoms with Crippen LogP contribution in [0.1, 0.15) is 44.3 Å². The minimum atomic E-state index is -0.950. The fourth-order valence-electron chi connectivity index (χ4n) is 5.23. The summed E-state index contributed by atoms with van der Waals surface area (Å²) in [5.41, 5.74) is 0.964. The molecule has 4 atom stereocenters. The lowest BCUT2D eigenvalue weighted by atomic mass is 9.82. The molecule has 0 amide bonds. The van der Waals surface area contributed by atoms with Crippen LogP contribution in [0.5, 0.6) is 5.75 Å². The number of nitrogens with one attached hydrogen (secondary N) is 1. The molecule has 2 bridgehead atoms. The summed E-state index contributed by atoms with van der Waals surface area (Å²) in [4.78, 5) is 10.4. The molecule has 1 aliphatic carbocycles. The molecule has 10 nitrogen and oxygen atoms in total. The van der Waals surface area contributed by atoms with Crippen molar-refractivity contribution in [3.05, 3.63) is 36.5 Å². The molecule has 3 fully saturated rings. The number of benzene rings is 1. The maximum atomic E-state index is 15.4. The maximum absolute atomic E-state index is 15.4. The molecule has 0 unspecified atom stereocenters. The summed E-state index contributed by atoms with van der Waals surface area (Å²) in [7, 11) is 0. The topological polar surface area (TPSA) is 129 Å². The van der Waals surface area contributed by atoms with Gasteiger partial charge in [-0.3, -0.25) is 0 Å². The Bertz CT molecular complexity index is 1240. The molecule has 4 heterocycles. The van der Waals surface area contributed by atoms with Gasteiger partial charge in [-0.1, -0.05) is 6.42 Å². The number of phenolic OH excluding ortho intramolecular Hbond substituents is 1. The third-order valence-electron chi connectivity index (χ3n) is 6.99. The summed E-state index contributed by atoms with van der Waals surface area (Å²) in [5.74, 6) is 0.857. The standard InChI is InChI=1S/C23H24FN9O/c24-22-17-3-1-2-13(28-17)8-18(22)33(14-4-5-14)21-11-26-23(30-29-21)16-7-6-15(9-19(16)34)32-12-27-20(10-25)31-32/h6-7,9,11-14,17-18,22,28,34H,1-5,8H2/t13-,17+,18+,22-/m1/s1. The lowest BCUT2D eigenvalue weighted by Crippen LogP contribution is -2.62. The van der Waals surface area contributed by atoms with E-state index in [0.717, 1.165) is 38.5 Å². The zero-order valence-electron chi connectivity index (χ0n) is 18.4. The fraction of sp³-hybridized carbons (Fsp3) is 0.478. The summed E-state index contributed by atoms with van der Waals surface area (Å²) in [6.07, 6.45) is 7.92. The predicted octanol–water partition coefficient (Wildman–Crippen LogP) is 2.29. The molecule has 2 aliphatic heterocycles. The van der Waals surface area contributed by atoms with Crippen molar-refractivity contribution in [2.24, 2.45) is 0 Å². The van der Waals surface area contributed by atoms with Crippen molar-refractivity contribution in [1.29, 1.82) is 5.26 Å². The van der Waals surface area contributed by atoms with E-state index in [1.54, 1.807) is 18.3 Å². The number of rotatable bonds is 5. The van der Waals surface area contributed by atoms with Crippen LogP contribution in [-0.4, -0.2) is 65.4 Å². The summed E-state index contributed by atoms with van der Waals surface area (Å²) >= 11 is 0. The van der Waals surface area contributed by atoms with Crippen molar-refractivity contribution in [1.82, 2.24) is 35.3 Å². The number of piperidine rings is 2. The number of fused-ring (bicyclic) bond motifs is 2. The van der Waals surface area contributed by atoms with E-state index < -0.39 is 6.17 Å². The highest BCUT2D eigenvalue weighted by molar-refractivity contribution is 5.66. The van der Waals surface area contributed by atoms with Crippen LogP contribution in [0.2, 0.25) is 0 Å². The van der Waals surface area contributed by atoms with Crippen molar-refractivity contribution in [2.45, 2.75) is 68.9 Å². The first kappa shape index (κ1) is 20.9. The monoisotopic (exact) mass is 461 g/mol. The minimum Gasteiger partial charge on any atom is -0.507 e. The Labute approximate surface area is 195 Å². The third-order valence-corrected chi connectivity index (χ3v) is 6.99. The van der Waals surface area contributed by atoms with Gasteiger partial charge in [0.05, 0.1) is 23.5 Å². The van der Waals surface area contributed by atoms with Gasteiger partial charge in [-0.15, -0.1) is 15.3 Å². The van der Waals surface area contributed by atoms with Gasteiger partial charge in [0.15, 0.2) is 11.6 Å². The van der Waals surface area contributed by atoms with E-state index in [0.29, 0.717) is 23.1 Å². The molecule has 174 valence electrons. The van der Waals surface area contributed by atoms with Crippen LogP contribution in [0.25, 0.3) is 17.1 Å². The first-order chi connectivity index (χ1) is 16.6. The van der Waals surface area contributed by atoms with Crippen LogP contribution in [0, 0.1) is 11.3 Å². The van der Waals surface area contributed by atoms with E-state index in [2.05, 4.69) is 35.5 Å². The third kappa shape index (κ3) is 3.74. The SMILES string of the molecule is N#Cc1ncn(-c2ccc(-c3ncc(N(C4CC4)[C@H]4C[C@H]5CCC[C@H](N5)[C@H]4F)nn3)c(O)c2)n1. The maximum Gasteiger partial charge on any atom is 0.252 e. The Morgan fingerprint density at radius 2 is 2.06 bits per heavy atom. The van der Waals surface area contributed by atoms with Gasteiger partial charge >= 0.3 is 0 Å². The van der Waals surface area contributed by atoms with E-state index in [1.807, 2.05) is 6.07 Å². The van der Waals surface area contributed by atoms with Gasteiger partial charge in [0.1, 0.15) is 24.3 Å². The van der Waals surface area contributed by atoms with E-state index >= 15 is 4.39 Å². The van der Waals surface area contributed by atoms with E-state index in [-0.39, 0.29) is 35.5 Å². The second-order valence-electron chi connectivity index (χ2n) is 9.25. The highest BCUT2D eigenvalue weighted by atomic mass is 19.1. The van der Waals surface area contributed by atoms with Gasteiger partial charge in [0.2, 0.25) is 0 Å². The highest BCUT2D eigenvalue weighted by Gasteiger charge is 2.46. The summed E-state index contributed by atoms with van der Waals surface area (Å²) < 4.78 is 16.8. The fourth-order valence-corrected chi connectivity index (χ4v) is 5.23. The quantitative estimate of drug-likeness (QED) is 0.588. The first-order valence-corrected chi connectivity index (χ1v) is 11.6. The Morgan fingerprint density at radius 1 is 1.18 bits per heavy atom. The number of hydrogen-bond acceptors (Lipinski definition) is 9. The zero-order chi connectivity index (χ0) is 23.2. The number of nitriles is 1. The Morgan fingerprint density at radius 3 is 2.76 bits per heavy atom. The van der Waals surface area contributed by atoms with Gasteiger partial charge in [0.25, 0.3) is 5.82 Å². The van der Waals surface area contributed by atoms with Crippen LogP contribution in [0.15, 0.2) is 30.7 Å². The average Bonchev–Trinajstić information content (AvgIpc) is 3.57. The van der Waals surface area contributed by atoms with Crippen LogP contribution >= 0.6 is 0 Å². The average molecular weight is 462 g/mol. The number of aromatic hydroxyl groups is 1. The molecular weight excluding hydrogens is 437 g/mol. The second kappa shape index (κ2) is 8.29. The molecule has 0 spiro atoms. The van der Waals surface area contributed by atoms with Crippen molar-refractivity contribution >= 4 is 5.82 Å². The molecule has 0 radical (unpaired) electrons. The lowest BCUT2D eigenvalue weighted by molar-refractivity contribution is 0.104. The van der Waals surface area contributed by atoms with Crippen molar-refractivity contribution in [3.63, 3.8) is 0 Å². The minimum absolute atomic E-state index is 0.0415. The molecule has 2 aromatic heterocycles. The van der Waals surface area contributed by atoms with Gasteiger partial charge in [-0.25, -0.2) is 19.0 Å². The van der Waals surface area contributed by atoms with Crippen LogP contribution in [-0.2, 0) is 0 Å². The van der Waals surface area contributed by atoms with Crippen LogP contribution in [0.3, 0.4) is 0 Å². The molecule has 34 heavy (non-hydrogen) atoms. The smallest absolute Gasteiger partial charge is 0.252 e. The lowest BCUT2D eigenvalue weighted by Gasteiger charge is -2.47. The van der Waals surface area contributed by atoms with E-state index in [9.17, 15) is 5.11 Å². The predicted molar refractivity (Wildman–Crippen MR) is 120 cm³/mol. The molecule has 1 aromatic carbocycles. The van der Waals surface area contributed by atoms with Gasteiger partial charge in [-0.05, 0) is 44.2 Å². The number of phenols is 1. The number of nitrogens with zero attached hydrogens (tertiary/aromatic N) is 8. The van der Waals surface area contributed by atoms with Gasteiger partial charge < -0.3 is 15.3 Å². The molecule has 3 aromatic rings. The second-order valence-corrected chi connectivity index (χ2v) is 9.25. The van der Waals surface area contributed by atoms with Gasteiger partial charge in [-0.2, -0.15) is 5.26 Å². The van der Waals surface area contributed by atoms with Crippen LogP contribution in [0.4, 0.5) is 10.2 Å². The number of hydrogen-bond donors (Lipinski definition) is 2. The van der Waals surface area contributed by atoms with Gasteiger partial charge in [0, 0.05) is 24.2 Å². The van der Waals surface area contributed by atoms with E-state index in [1.165, 1.54) is 17.1 Å². The number of halogens is 1. The number of aromatic nitrogens is 6. The number of anilines is 1. The largest absolute Gasteiger partial charge is 0.507 e. The van der Waals surface area contributed by atoms with Crippen molar-refractivity contribution in [3.8, 4) is 28.9 Å². The van der Waals surface area contributed by atoms with Crippen molar-refractivity contribution < 1.29 is 9.50 Å². The first-order valence-electron chi connectivity index (χ1n) is 11.6. The summed E-state index contributed by atoms with van der Waals surface area (Å²) in [6, 6.07) is 7.07. The molecule has 2 N–H and O–H groups in total. The van der Waals surface area contributed by atoms with Crippen LogP contribution < -0.4 is 10.2 Å². The molecule has 2 saturated heterocycles. The molecular formula is C23H24FN9O. The van der Waals surface area contributed by atoms with E-state index in [4.69, 9.17) is 5.26 Å². The Balaban J connectivity index is 1.25. The summed E-state index contributed by atoms with van der Waals surface area (Å²) in [5, 5.41) is 35.6. The Kier molecular flexibility index (Phi) is 5.10. The van der Waals surface area contributed by atoms with Crippen molar-refractivity contribution in [2.75, 3.05) is 4.90 Å².